The molecule has 1 heterocycles. The summed E-state index contributed by atoms with van der Waals surface area (Å²) in [5.74, 6) is -0.417. The van der Waals surface area contributed by atoms with Crippen molar-refractivity contribution >= 4 is 29.1 Å². The van der Waals surface area contributed by atoms with Crippen molar-refractivity contribution in [3.63, 3.8) is 0 Å². The number of hydrogen-bond donors (Lipinski definition) is 0. The lowest BCUT2D eigenvalue weighted by Gasteiger charge is -2.23. The third kappa shape index (κ3) is 1.68. The predicted molar refractivity (Wildman–Crippen MR) is 56.3 cm³/mol. The summed E-state index contributed by atoms with van der Waals surface area (Å²) in [6, 6.07) is 6.77. The molecule has 0 unspecified atom stereocenters. The summed E-state index contributed by atoms with van der Waals surface area (Å²) in [6.07, 6.45) is -0.0703. The van der Waals surface area contributed by atoms with Crippen LogP contribution >= 0.6 is 11.6 Å². The van der Waals surface area contributed by atoms with Crippen molar-refractivity contribution in [1.29, 1.82) is 0 Å². The lowest BCUT2D eigenvalue weighted by atomic mass is 10.3. The van der Waals surface area contributed by atoms with Crippen LogP contribution in [0.25, 0.3) is 0 Å². The number of carbonyl (C=O) groups excluding carboxylic acids is 2. The minimum Gasteiger partial charge on any atom is -0.272 e. The molecule has 1 aromatic rings. The molecule has 0 atom stereocenters. The molecule has 0 spiro atoms. The maximum absolute atomic E-state index is 11.5. The number of amides is 2. The third-order valence-corrected chi connectivity index (χ3v) is 2.52. The zero-order valence-electron chi connectivity index (χ0n) is 8.11. The topological polar surface area (TPSA) is 40.6 Å². The van der Waals surface area contributed by atoms with Gasteiger partial charge >= 0.3 is 0 Å². The Labute approximate surface area is 92.0 Å². The van der Waals surface area contributed by atoms with Crippen LogP contribution in [0.15, 0.2) is 24.3 Å². The van der Waals surface area contributed by atoms with Gasteiger partial charge < -0.3 is 0 Å². The third-order valence-electron chi connectivity index (χ3n) is 2.27. The highest BCUT2D eigenvalue weighted by atomic mass is 35.5. The van der Waals surface area contributed by atoms with Gasteiger partial charge in [0.15, 0.2) is 0 Å². The zero-order chi connectivity index (χ0) is 11.0. The smallest absolute Gasteiger partial charge is 0.255 e. The maximum atomic E-state index is 11.5. The minimum atomic E-state index is -0.218. The summed E-state index contributed by atoms with van der Waals surface area (Å²) in [6.45, 7) is 0. The van der Waals surface area contributed by atoms with E-state index in [-0.39, 0.29) is 18.2 Å². The van der Waals surface area contributed by atoms with E-state index in [1.165, 1.54) is 10.0 Å². The van der Waals surface area contributed by atoms with Crippen molar-refractivity contribution in [3.8, 4) is 0 Å². The number of rotatable bonds is 1. The van der Waals surface area contributed by atoms with E-state index in [0.29, 0.717) is 10.7 Å². The van der Waals surface area contributed by atoms with Crippen LogP contribution in [0.2, 0.25) is 5.02 Å². The normalized spacial score (nSPS) is 16.4. The fraction of sp³-hybridized carbons (Fsp3) is 0.200. The first-order valence-electron chi connectivity index (χ1n) is 4.44. The van der Waals surface area contributed by atoms with E-state index in [9.17, 15) is 9.59 Å². The predicted octanol–water partition coefficient (Wildman–Crippen LogP) is 1.45. The lowest BCUT2D eigenvalue weighted by Crippen LogP contribution is -2.37. The number of nitrogens with zero attached hydrogens (tertiary/aromatic N) is 2. The molecule has 0 saturated carbocycles. The highest BCUT2D eigenvalue weighted by molar-refractivity contribution is 6.30. The number of benzene rings is 1. The van der Waals surface area contributed by atoms with E-state index < -0.39 is 0 Å². The standard InChI is InChI=1S/C10H9ClN2O2/c1-12-9(14)6-10(15)13(12)8-4-2-7(11)3-5-8/h2-5H,6H2,1H3. The highest BCUT2D eigenvalue weighted by Crippen LogP contribution is 2.23. The first-order chi connectivity index (χ1) is 7.09. The molecular weight excluding hydrogens is 216 g/mol. The molecule has 1 aliphatic rings. The maximum Gasteiger partial charge on any atom is 0.255 e. The van der Waals surface area contributed by atoms with E-state index >= 15 is 0 Å². The van der Waals surface area contributed by atoms with Gasteiger partial charge in [-0.3, -0.25) is 9.59 Å². The van der Waals surface area contributed by atoms with Gasteiger partial charge in [0.2, 0.25) is 0 Å². The van der Waals surface area contributed by atoms with Crippen LogP contribution in [0.4, 0.5) is 5.69 Å². The van der Waals surface area contributed by atoms with Crippen LogP contribution in [0, 0.1) is 0 Å². The molecule has 1 fully saturated rings. The Kier molecular flexibility index (Phi) is 2.36. The molecule has 5 heteroatoms. The van der Waals surface area contributed by atoms with E-state index in [0.717, 1.165) is 0 Å². The SMILES string of the molecule is CN1C(=O)CC(=O)N1c1ccc(Cl)cc1. The van der Waals surface area contributed by atoms with E-state index in [2.05, 4.69) is 0 Å². The largest absolute Gasteiger partial charge is 0.272 e. The van der Waals surface area contributed by atoms with Crippen LogP contribution in [0.5, 0.6) is 0 Å². The van der Waals surface area contributed by atoms with E-state index in [4.69, 9.17) is 11.6 Å². The quantitative estimate of drug-likeness (QED) is 0.678. The molecule has 1 aromatic carbocycles. The Morgan fingerprint density at radius 3 is 2.20 bits per heavy atom. The van der Waals surface area contributed by atoms with Gasteiger partial charge in [0, 0.05) is 12.1 Å². The fourth-order valence-corrected chi connectivity index (χ4v) is 1.62. The Balaban J connectivity index is 2.34. The second kappa shape index (κ2) is 3.55. The Bertz CT molecular complexity index is 416. The highest BCUT2D eigenvalue weighted by Gasteiger charge is 2.33. The monoisotopic (exact) mass is 224 g/mol. The van der Waals surface area contributed by atoms with Gasteiger partial charge in [-0.05, 0) is 24.3 Å². The first kappa shape index (κ1) is 9.98. The van der Waals surface area contributed by atoms with Crippen LogP contribution in [0.3, 0.4) is 0 Å². The Morgan fingerprint density at radius 1 is 1.13 bits per heavy atom. The number of carbonyl (C=O) groups is 2. The van der Waals surface area contributed by atoms with Crippen LogP contribution in [0.1, 0.15) is 6.42 Å². The molecular formula is C10H9ClN2O2. The number of halogens is 1. The van der Waals surface area contributed by atoms with Crippen LogP contribution in [-0.2, 0) is 9.59 Å². The molecule has 2 amide bonds. The van der Waals surface area contributed by atoms with Crippen molar-refractivity contribution in [2.24, 2.45) is 0 Å². The average molecular weight is 225 g/mol. The summed E-state index contributed by atoms with van der Waals surface area (Å²) < 4.78 is 0. The average Bonchev–Trinajstić information content (AvgIpc) is 2.44. The molecule has 0 radical (unpaired) electrons. The Morgan fingerprint density at radius 2 is 1.73 bits per heavy atom. The summed E-state index contributed by atoms with van der Waals surface area (Å²) in [5.41, 5.74) is 0.651. The molecule has 1 aliphatic heterocycles. The molecule has 4 nitrogen and oxygen atoms in total. The van der Waals surface area contributed by atoms with Gasteiger partial charge in [0.25, 0.3) is 11.8 Å². The molecule has 0 bridgehead atoms. The van der Waals surface area contributed by atoms with Gasteiger partial charge in [-0.15, -0.1) is 0 Å². The van der Waals surface area contributed by atoms with Gasteiger partial charge in [-0.2, -0.15) is 0 Å². The molecule has 0 N–H and O–H groups in total. The van der Waals surface area contributed by atoms with Crippen molar-refractivity contribution in [2.75, 3.05) is 12.1 Å². The molecule has 1 saturated heterocycles. The van der Waals surface area contributed by atoms with E-state index in [1.807, 2.05) is 0 Å². The molecule has 78 valence electrons. The minimum absolute atomic E-state index is 0.0703. The van der Waals surface area contributed by atoms with E-state index in [1.54, 1.807) is 31.3 Å². The number of anilines is 1. The van der Waals surface area contributed by atoms with Crippen molar-refractivity contribution < 1.29 is 9.59 Å². The summed E-state index contributed by atoms with van der Waals surface area (Å²) in [4.78, 5) is 22.8. The second-order valence-electron chi connectivity index (χ2n) is 3.28. The number of hydrazine groups is 1. The van der Waals surface area contributed by atoms with Gasteiger partial charge in [0.1, 0.15) is 6.42 Å². The second-order valence-corrected chi connectivity index (χ2v) is 3.71. The van der Waals surface area contributed by atoms with Gasteiger partial charge in [-0.1, -0.05) is 11.6 Å². The molecule has 2 rings (SSSR count). The lowest BCUT2D eigenvalue weighted by molar-refractivity contribution is -0.127. The van der Waals surface area contributed by atoms with Gasteiger partial charge in [0.05, 0.1) is 5.69 Å². The summed E-state index contributed by atoms with van der Waals surface area (Å²) in [5, 5.41) is 3.25. The zero-order valence-corrected chi connectivity index (χ0v) is 8.86. The van der Waals surface area contributed by atoms with Crippen molar-refractivity contribution in [2.45, 2.75) is 6.42 Å². The summed E-state index contributed by atoms with van der Waals surface area (Å²) >= 11 is 5.74. The first-order valence-corrected chi connectivity index (χ1v) is 4.82. The molecule has 15 heavy (non-hydrogen) atoms. The van der Waals surface area contributed by atoms with Crippen molar-refractivity contribution in [1.82, 2.24) is 5.01 Å². The molecule has 0 aliphatic carbocycles. The summed E-state index contributed by atoms with van der Waals surface area (Å²) in [7, 11) is 1.57. The fourth-order valence-electron chi connectivity index (χ4n) is 1.50. The van der Waals surface area contributed by atoms with Crippen molar-refractivity contribution in [3.05, 3.63) is 29.3 Å². The van der Waals surface area contributed by atoms with Crippen LogP contribution in [-0.4, -0.2) is 23.9 Å². The number of hydrogen-bond acceptors (Lipinski definition) is 2. The van der Waals surface area contributed by atoms with Crippen LogP contribution < -0.4 is 5.01 Å². The molecule has 0 aromatic heterocycles. The van der Waals surface area contributed by atoms with Gasteiger partial charge in [-0.25, -0.2) is 10.0 Å². The Hall–Kier alpha value is -1.55.